The summed E-state index contributed by atoms with van der Waals surface area (Å²) in [6.07, 6.45) is 10.7. The molecule has 0 amide bonds. The standard InChI is InChI=1S/C12H15FN2/c13-11-6-10(7-14-9-11)8-15-12-4-2-1-3-5-12/h1-2,6-7,9,12,15H,3-5,8H2. The minimum Gasteiger partial charge on any atom is -0.310 e. The summed E-state index contributed by atoms with van der Waals surface area (Å²) in [7, 11) is 0. The van der Waals surface area contributed by atoms with E-state index in [0.29, 0.717) is 12.6 Å². The molecule has 0 aromatic carbocycles. The molecule has 0 radical (unpaired) electrons. The zero-order valence-electron chi connectivity index (χ0n) is 8.62. The van der Waals surface area contributed by atoms with Crippen LogP contribution in [0.25, 0.3) is 0 Å². The van der Waals surface area contributed by atoms with Crippen molar-refractivity contribution in [3.63, 3.8) is 0 Å². The summed E-state index contributed by atoms with van der Waals surface area (Å²) in [5.74, 6) is -0.266. The number of rotatable bonds is 3. The summed E-state index contributed by atoms with van der Waals surface area (Å²) in [6.45, 7) is 0.698. The van der Waals surface area contributed by atoms with E-state index in [2.05, 4.69) is 22.5 Å². The molecule has 1 aliphatic carbocycles. The van der Waals surface area contributed by atoms with Crippen molar-refractivity contribution < 1.29 is 4.39 Å². The summed E-state index contributed by atoms with van der Waals surface area (Å²) in [4.78, 5) is 3.82. The van der Waals surface area contributed by atoms with Crippen molar-refractivity contribution in [3.8, 4) is 0 Å². The predicted octanol–water partition coefficient (Wildman–Crippen LogP) is 2.42. The number of halogens is 1. The maximum atomic E-state index is 12.8. The van der Waals surface area contributed by atoms with Crippen LogP contribution in [-0.2, 0) is 6.54 Å². The summed E-state index contributed by atoms with van der Waals surface area (Å²) in [5, 5.41) is 3.41. The van der Waals surface area contributed by atoms with Gasteiger partial charge >= 0.3 is 0 Å². The Labute approximate surface area is 89.2 Å². The van der Waals surface area contributed by atoms with E-state index >= 15 is 0 Å². The summed E-state index contributed by atoms with van der Waals surface area (Å²) < 4.78 is 12.8. The van der Waals surface area contributed by atoms with Gasteiger partial charge in [-0.05, 0) is 30.9 Å². The fourth-order valence-electron chi connectivity index (χ4n) is 1.79. The number of allylic oxidation sites excluding steroid dienone is 1. The first-order chi connectivity index (χ1) is 7.34. The van der Waals surface area contributed by atoms with Crippen LogP contribution in [0.1, 0.15) is 24.8 Å². The molecule has 80 valence electrons. The van der Waals surface area contributed by atoms with Gasteiger partial charge in [0.25, 0.3) is 0 Å². The molecule has 0 spiro atoms. The highest BCUT2D eigenvalue weighted by Crippen LogP contribution is 2.11. The van der Waals surface area contributed by atoms with Gasteiger partial charge in [0.05, 0.1) is 6.20 Å². The molecule has 0 aliphatic heterocycles. The van der Waals surface area contributed by atoms with Gasteiger partial charge in [0.15, 0.2) is 0 Å². The molecule has 0 saturated heterocycles. The van der Waals surface area contributed by atoms with Crippen molar-refractivity contribution in [2.24, 2.45) is 0 Å². The Bertz CT molecular complexity index is 349. The van der Waals surface area contributed by atoms with Crippen LogP contribution in [0.15, 0.2) is 30.6 Å². The van der Waals surface area contributed by atoms with Crippen molar-refractivity contribution >= 4 is 0 Å². The number of hydrogen-bond acceptors (Lipinski definition) is 2. The highest BCUT2D eigenvalue weighted by molar-refractivity contribution is 5.10. The lowest BCUT2D eigenvalue weighted by atomic mass is 10.0. The van der Waals surface area contributed by atoms with Crippen LogP contribution in [0.4, 0.5) is 4.39 Å². The smallest absolute Gasteiger partial charge is 0.141 e. The predicted molar refractivity (Wildman–Crippen MR) is 57.8 cm³/mol. The van der Waals surface area contributed by atoms with Crippen LogP contribution in [0.5, 0.6) is 0 Å². The third kappa shape index (κ3) is 3.13. The number of hydrogen-bond donors (Lipinski definition) is 1. The molecule has 2 rings (SSSR count). The van der Waals surface area contributed by atoms with Gasteiger partial charge in [-0.15, -0.1) is 0 Å². The lowest BCUT2D eigenvalue weighted by Crippen LogP contribution is -2.29. The van der Waals surface area contributed by atoms with E-state index in [1.807, 2.05) is 0 Å². The van der Waals surface area contributed by atoms with Crippen LogP contribution >= 0.6 is 0 Å². The van der Waals surface area contributed by atoms with Crippen molar-refractivity contribution in [2.75, 3.05) is 0 Å². The van der Waals surface area contributed by atoms with Crippen LogP contribution in [0.2, 0.25) is 0 Å². The molecule has 1 atom stereocenters. The molecular formula is C12H15FN2. The first kappa shape index (κ1) is 10.3. The van der Waals surface area contributed by atoms with Crippen molar-refractivity contribution in [3.05, 3.63) is 42.0 Å². The molecule has 0 fully saturated rings. The first-order valence-electron chi connectivity index (χ1n) is 5.32. The minimum absolute atomic E-state index is 0.266. The van der Waals surface area contributed by atoms with E-state index in [-0.39, 0.29) is 5.82 Å². The van der Waals surface area contributed by atoms with Gasteiger partial charge < -0.3 is 5.32 Å². The van der Waals surface area contributed by atoms with E-state index in [1.165, 1.54) is 18.7 Å². The van der Waals surface area contributed by atoms with E-state index in [0.717, 1.165) is 18.4 Å². The molecule has 2 nitrogen and oxygen atoms in total. The Hall–Kier alpha value is -1.22. The maximum Gasteiger partial charge on any atom is 0.141 e. The molecule has 1 N–H and O–H groups in total. The monoisotopic (exact) mass is 206 g/mol. The Morgan fingerprint density at radius 3 is 3.07 bits per heavy atom. The van der Waals surface area contributed by atoms with E-state index < -0.39 is 0 Å². The summed E-state index contributed by atoms with van der Waals surface area (Å²) in [5.41, 5.74) is 0.907. The van der Waals surface area contributed by atoms with Gasteiger partial charge in [0.2, 0.25) is 0 Å². The second-order valence-electron chi connectivity index (χ2n) is 3.87. The molecular weight excluding hydrogens is 191 g/mol. The van der Waals surface area contributed by atoms with Crippen molar-refractivity contribution in [1.82, 2.24) is 10.3 Å². The topological polar surface area (TPSA) is 24.9 Å². The molecule has 15 heavy (non-hydrogen) atoms. The van der Waals surface area contributed by atoms with Crippen molar-refractivity contribution in [2.45, 2.75) is 31.8 Å². The molecule has 0 saturated carbocycles. The molecule has 1 heterocycles. The lowest BCUT2D eigenvalue weighted by molar-refractivity contribution is 0.473. The quantitative estimate of drug-likeness (QED) is 0.768. The Balaban J connectivity index is 1.84. The lowest BCUT2D eigenvalue weighted by Gasteiger charge is -2.19. The Morgan fingerprint density at radius 1 is 1.40 bits per heavy atom. The fourth-order valence-corrected chi connectivity index (χ4v) is 1.79. The van der Waals surface area contributed by atoms with Gasteiger partial charge in [-0.25, -0.2) is 4.39 Å². The van der Waals surface area contributed by atoms with Gasteiger partial charge in [-0.2, -0.15) is 0 Å². The van der Waals surface area contributed by atoms with Gasteiger partial charge in [0, 0.05) is 18.8 Å². The highest BCUT2D eigenvalue weighted by Gasteiger charge is 2.08. The van der Waals surface area contributed by atoms with Crippen molar-refractivity contribution in [1.29, 1.82) is 0 Å². The summed E-state index contributed by atoms with van der Waals surface area (Å²) >= 11 is 0. The second kappa shape index (κ2) is 5.03. The number of nitrogens with one attached hydrogen (secondary N) is 1. The normalized spacial score (nSPS) is 20.5. The minimum atomic E-state index is -0.266. The SMILES string of the molecule is Fc1cncc(CNC2CC=CCC2)c1. The van der Waals surface area contributed by atoms with Gasteiger partial charge in [-0.3, -0.25) is 4.98 Å². The molecule has 1 aromatic heterocycles. The van der Waals surface area contributed by atoms with Gasteiger partial charge in [0.1, 0.15) is 5.82 Å². The zero-order chi connectivity index (χ0) is 10.5. The molecule has 1 aromatic rings. The van der Waals surface area contributed by atoms with Crippen LogP contribution in [0, 0.1) is 5.82 Å². The van der Waals surface area contributed by atoms with Crippen LogP contribution < -0.4 is 5.32 Å². The first-order valence-corrected chi connectivity index (χ1v) is 5.32. The molecule has 0 bridgehead atoms. The highest BCUT2D eigenvalue weighted by atomic mass is 19.1. The molecule has 1 aliphatic rings. The summed E-state index contributed by atoms with van der Waals surface area (Å²) in [6, 6.07) is 2.05. The second-order valence-corrected chi connectivity index (χ2v) is 3.87. The van der Waals surface area contributed by atoms with E-state index in [9.17, 15) is 4.39 Å². The van der Waals surface area contributed by atoms with Gasteiger partial charge in [-0.1, -0.05) is 12.2 Å². The number of nitrogens with zero attached hydrogens (tertiary/aromatic N) is 1. The zero-order valence-corrected chi connectivity index (χ0v) is 8.62. The Kier molecular flexibility index (Phi) is 3.45. The molecule has 1 unspecified atom stereocenters. The maximum absolute atomic E-state index is 12.8. The number of aromatic nitrogens is 1. The average Bonchev–Trinajstić information content (AvgIpc) is 2.28. The van der Waals surface area contributed by atoms with E-state index in [4.69, 9.17) is 0 Å². The van der Waals surface area contributed by atoms with Crippen LogP contribution in [-0.4, -0.2) is 11.0 Å². The number of pyridine rings is 1. The average molecular weight is 206 g/mol. The third-order valence-electron chi connectivity index (χ3n) is 2.63. The molecule has 3 heteroatoms. The third-order valence-corrected chi connectivity index (χ3v) is 2.63. The largest absolute Gasteiger partial charge is 0.310 e. The fraction of sp³-hybridized carbons (Fsp3) is 0.417. The Morgan fingerprint density at radius 2 is 2.33 bits per heavy atom. The van der Waals surface area contributed by atoms with Crippen LogP contribution in [0.3, 0.4) is 0 Å². The van der Waals surface area contributed by atoms with E-state index in [1.54, 1.807) is 6.20 Å².